The number of anilines is 1. The van der Waals surface area contributed by atoms with Crippen LogP contribution in [0.1, 0.15) is 50.0 Å². The van der Waals surface area contributed by atoms with Crippen molar-refractivity contribution >= 4 is 29.8 Å². The number of ether oxygens (including phenoxy) is 1. The Hall–Kier alpha value is -3.19. The van der Waals surface area contributed by atoms with E-state index in [-0.39, 0.29) is 34.3 Å². The van der Waals surface area contributed by atoms with Gasteiger partial charge >= 0.3 is 0 Å². The highest BCUT2D eigenvalue weighted by Crippen LogP contribution is 2.37. The third-order valence-electron chi connectivity index (χ3n) is 5.87. The topological polar surface area (TPSA) is 124 Å². The molecule has 206 valence electrons. The Morgan fingerprint density at radius 3 is 2.63 bits per heavy atom. The van der Waals surface area contributed by atoms with E-state index in [9.17, 15) is 13.2 Å². The summed E-state index contributed by atoms with van der Waals surface area (Å²) in [6.45, 7) is 8.06. The number of hydrogen-bond acceptors (Lipinski definition) is 8. The van der Waals surface area contributed by atoms with Gasteiger partial charge in [-0.2, -0.15) is 5.10 Å². The Bertz CT molecular complexity index is 1650. The maximum absolute atomic E-state index is 13.6. The lowest BCUT2D eigenvalue weighted by atomic mass is 9.97. The molecule has 1 fully saturated rings. The van der Waals surface area contributed by atoms with Crippen molar-refractivity contribution < 1.29 is 24.8 Å². The number of pyridine rings is 1. The Labute approximate surface area is 232 Å². The number of carbonyl (C=O) groups excluding carboxylic acids is 1. The lowest BCUT2D eigenvalue weighted by Crippen LogP contribution is -2.41. The van der Waals surface area contributed by atoms with Crippen LogP contribution in [0.15, 0.2) is 35.5 Å². The van der Waals surface area contributed by atoms with Crippen molar-refractivity contribution in [1.29, 1.82) is 0 Å². The standard InChI is InChI=1S/C25H37N7O4SSi/c1-17-13-25(3,4)31(14-17)23-19(24(33)29-37(34,35)20-15-30(5)27-18(20)2)9-10-21(26-23)32-12-11-22(28-32)36-16-38(6,7)8/h9-12,15,17H,13-14,16H2,1-8H3,(H,29,33)/t17-/m0/s1/i1D3,13D2. The first-order chi connectivity index (χ1) is 19.5. The number of carbonyl (C=O) groups is 1. The van der Waals surface area contributed by atoms with Gasteiger partial charge in [-0.15, -0.1) is 5.10 Å². The number of sulfonamides is 1. The molecule has 0 saturated carbocycles. The number of hydrogen-bond donors (Lipinski definition) is 1. The SMILES string of the molecule is [2H]C([2H])([2H])[C@@H]1CN(c2nc(-n3ccc(OC[Si](C)(C)C)n3)ccc2C(=O)NS(=O)(=O)c2cn(C)nc2C)C(C)(C)C1([2H])[2H]. The first-order valence-electron chi connectivity index (χ1n) is 14.6. The van der Waals surface area contributed by atoms with Crippen molar-refractivity contribution in [1.82, 2.24) is 29.3 Å². The molecule has 1 aliphatic heterocycles. The highest BCUT2D eigenvalue weighted by Gasteiger charge is 2.39. The van der Waals surface area contributed by atoms with Crippen LogP contribution in [0, 0.1) is 12.8 Å². The van der Waals surface area contributed by atoms with E-state index in [1.54, 1.807) is 19.3 Å². The fourth-order valence-corrected chi connectivity index (χ4v) is 5.90. The highest BCUT2D eigenvalue weighted by molar-refractivity contribution is 7.90. The van der Waals surface area contributed by atoms with Crippen LogP contribution in [0.3, 0.4) is 0 Å². The van der Waals surface area contributed by atoms with Gasteiger partial charge in [-0.05, 0) is 45.2 Å². The minimum absolute atomic E-state index is 0.0891. The van der Waals surface area contributed by atoms with Crippen LogP contribution in [-0.2, 0) is 17.1 Å². The zero-order chi connectivity index (χ0) is 32.3. The number of aromatic nitrogens is 5. The molecular formula is C25H37N7O4SSi. The van der Waals surface area contributed by atoms with E-state index >= 15 is 0 Å². The van der Waals surface area contributed by atoms with Gasteiger partial charge < -0.3 is 9.64 Å². The first-order valence-corrected chi connectivity index (χ1v) is 17.3. The molecule has 0 aliphatic carbocycles. The van der Waals surface area contributed by atoms with E-state index in [2.05, 4.69) is 39.5 Å². The minimum atomic E-state index is -4.34. The average molecular weight is 565 g/mol. The van der Waals surface area contributed by atoms with E-state index in [4.69, 9.17) is 11.6 Å². The number of amides is 1. The number of rotatable bonds is 8. The molecule has 0 radical (unpaired) electrons. The maximum atomic E-state index is 13.6. The van der Waals surface area contributed by atoms with Crippen LogP contribution in [-0.4, -0.2) is 65.3 Å². The van der Waals surface area contributed by atoms with Gasteiger partial charge in [0, 0.05) is 44.4 Å². The van der Waals surface area contributed by atoms with Crippen molar-refractivity contribution in [2.45, 2.75) is 64.1 Å². The predicted octanol–water partition coefficient (Wildman–Crippen LogP) is 3.31. The van der Waals surface area contributed by atoms with Crippen LogP contribution >= 0.6 is 0 Å². The molecule has 1 N–H and O–H groups in total. The van der Waals surface area contributed by atoms with Gasteiger partial charge in [0.25, 0.3) is 15.9 Å². The lowest BCUT2D eigenvalue weighted by molar-refractivity contribution is 0.0981. The van der Waals surface area contributed by atoms with Crippen molar-refractivity contribution in [2.75, 3.05) is 17.7 Å². The summed E-state index contributed by atoms with van der Waals surface area (Å²) in [6.07, 6.45) is 1.19. The Balaban J connectivity index is 1.80. The molecule has 13 heteroatoms. The Morgan fingerprint density at radius 2 is 2.03 bits per heavy atom. The Kier molecular flexibility index (Phi) is 5.62. The summed E-state index contributed by atoms with van der Waals surface area (Å²) < 4.78 is 78.4. The molecule has 1 atom stereocenters. The van der Waals surface area contributed by atoms with Crippen molar-refractivity contribution in [2.24, 2.45) is 13.0 Å². The van der Waals surface area contributed by atoms with Crippen LogP contribution in [0.4, 0.5) is 5.82 Å². The summed E-state index contributed by atoms with van der Waals surface area (Å²) in [7, 11) is -4.32. The first kappa shape index (κ1) is 21.7. The lowest BCUT2D eigenvalue weighted by Gasteiger charge is -2.34. The molecule has 1 amide bonds. The van der Waals surface area contributed by atoms with E-state index < -0.39 is 48.7 Å². The molecule has 4 heterocycles. The third kappa shape index (κ3) is 5.93. The summed E-state index contributed by atoms with van der Waals surface area (Å²) in [6, 6.07) is 4.49. The molecule has 1 aliphatic rings. The summed E-state index contributed by atoms with van der Waals surface area (Å²) in [5.41, 5.74) is -1.45. The maximum Gasteiger partial charge on any atom is 0.268 e. The summed E-state index contributed by atoms with van der Waals surface area (Å²) in [5, 5.41) is 8.45. The highest BCUT2D eigenvalue weighted by atomic mass is 32.2. The van der Waals surface area contributed by atoms with Gasteiger partial charge in [-0.1, -0.05) is 26.5 Å². The normalized spacial score (nSPS) is 21.2. The van der Waals surface area contributed by atoms with Gasteiger partial charge in [0.1, 0.15) is 10.7 Å². The van der Waals surface area contributed by atoms with Crippen molar-refractivity contribution in [3.63, 3.8) is 0 Å². The molecule has 0 unspecified atom stereocenters. The van der Waals surface area contributed by atoms with Crippen LogP contribution < -0.4 is 14.4 Å². The van der Waals surface area contributed by atoms with E-state index in [0.29, 0.717) is 12.1 Å². The second kappa shape index (κ2) is 9.84. The molecule has 3 aromatic rings. The molecule has 0 bridgehead atoms. The third-order valence-corrected chi connectivity index (χ3v) is 8.31. The van der Waals surface area contributed by atoms with Crippen LogP contribution in [0.25, 0.3) is 5.82 Å². The molecule has 4 rings (SSSR count). The van der Waals surface area contributed by atoms with Crippen LogP contribution in [0.5, 0.6) is 5.88 Å². The van der Waals surface area contributed by atoms with E-state index in [1.165, 1.54) is 53.4 Å². The molecule has 3 aromatic heterocycles. The fourth-order valence-electron chi connectivity index (χ4n) is 4.14. The van der Waals surface area contributed by atoms with Gasteiger partial charge in [0.15, 0.2) is 5.82 Å². The van der Waals surface area contributed by atoms with E-state index in [0.717, 1.165) is 0 Å². The summed E-state index contributed by atoms with van der Waals surface area (Å²) in [4.78, 5) is 19.4. The monoisotopic (exact) mass is 564 g/mol. The number of nitrogens with one attached hydrogen (secondary N) is 1. The van der Waals surface area contributed by atoms with Crippen molar-refractivity contribution in [3.8, 4) is 11.7 Å². The molecule has 0 aromatic carbocycles. The predicted molar refractivity (Wildman–Crippen MR) is 148 cm³/mol. The van der Waals surface area contributed by atoms with Gasteiger partial charge in [0.05, 0.1) is 25.6 Å². The van der Waals surface area contributed by atoms with Crippen LogP contribution in [0.2, 0.25) is 19.6 Å². The summed E-state index contributed by atoms with van der Waals surface area (Å²) in [5.74, 6) is -1.93. The molecule has 1 saturated heterocycles. The largest absolute Gasteiger partial charge is 0.480 e. The second-order valence-corrected chi connectivity index (χ2v) is 18.1. The number of aryl methyl sites for hydroxylation is 2. The quantitative estimate of drug-likeness (QED) is 0.413. The zero-order valence-electron chi connectivity index (χ0n) is 27.6. The van der Waals surface area contributed by atoms with E-state index in [1.807, 2.05) is 0 Å². The molecule has 11 nitrogen and oxygen atoms in total. The smallest absolute Gasteiger partial charge is 0.268 e. The fraction of sp³-hybridized carbons (Fsp3) is 0.520. The van der Waals surface area contributed by atoms with Gasteiger partial charge in [0.2, 0.25) is 5.88 Å². The van der Waals surface area contributed by atoms with Gasteiger partial charge in [-0.25, -0.2) is 22.8 Å². The second-order valence-electron chi connectivity index (χ2n) is 11.0. The minimum Gasteiger partial charge on any atom is -0.480 e. The number of nitrogens with zero attached hydrogens (tertiary/aromatic N) is 6. The average Bonchev–Trinajstić information content (AvgIpc) is 3.51. The Morgan fingerprint density at radius 1 is 1.29 bits per heavy atom. The zero-order valence-corrected chi connectivity index (χ0v) is 24.4. The molecular weight excluding hydrogens is 522 g/mol. The van der Waals surface area contributed by atoms with Crippen molar-refractivity contribution in [3.05, 3.63) is 41.9 Å². The summed E-state index contributed by atoms with van der Waals surface area (Å²) >= 11 is 0. The van der Waals surface area contributed by atoms with Gasteiger partial charge in [-0.3, -0.25) is 9.48 Å². The molecule has 38 heavy (non-hydrogen) atoms. The molecule has 0 spiro atoms.